The maximum atomic E-state index is 12.1. The van der Waals surface area contributed by atoms with Crippen LogP contribution in [-0.4, -0.2) is 79.6 Å². The van der Waals surface area contributed by atoms with Crippen LogP contribution in [0.15, 0.2) is 28.8 Å². The van der Waals surface area contributed by atoms with Gasteiger partial charge in [0.2, 0.25) is 12.7 Å². The summed E-state index contributed by atoms with van der Waals surface area (Å²) in [6.07, 6.45) is 7.93. The summed E-state index contributed by atoms with van der Waals surface area (Å²) in [7, 11) is 0. The molecule has 1 N–H and O–H groups in total. The Hall–Kier alpha value is -2.62. The van der Waals surface area contributed by atoms with Gasteiger partial charge in [0.15, 0.2) is 17.3 Å². The van der Waals surface area contributed by atoms with Crippen LogP contribution in [0.1, 0.15) is 44.2 Å². The molecule has 0 atom stereocenters. The highest BCUT2D eigenvalue weighted by Gasteiger charge is 2.24. The molecular formula is C26H36N4O5. The van der Waals surface area contributed by atoms with E-state index in [9.17, 15) is 4.79 Å². The maximum absolute atomic E-state index is 12.1. The molecule has 1 saturated carbocycles. The van der Waals surface area contributed by atoms with E-state index in [1.54, 1.807) is 0 Å². The number of rotatable bonds is 10. The zero-order valence-corrected chi connectivity index (χ0v) is 20.4. The van der Waals surface area contributed by atoms with Crippen molar-refractivity contribution < 1.29 is 23.5 Å². The number of hydrogen-bond donors (Lipinski definition) is 1. The van der Waals surface area contributed by atoms with E-state index in [4.69, 9.17) is 18.7 Å². The second-order valence-electron chi connectivity index (χ2n) is 9.62. The quantitative estimate of drug-likeness (QED) is 0.515. The number of ether oxygens (including phenoxy) is 3. The van der Waals surface area contributed by atoms with Gasteiger partial charge in [-0.25, -0.2) is 0 Å². The zero-order valence-electron chi connectivity index (χ0n) is 20.4. The predicted octanol–water partition coefficient (Wildman–Crippen LogP) is 3.04. The van der Waals surface area contributed by atoms with Crippen LogP contribution in [0.2, 0.25) is 0 Å². The first-order chi connectivity index (χ1) is 17.2. The number of benzene rings is 1. The average molecular weight is 485 g/mol. The molecule has 0 unspecified atom stereocenters. The summed E-state index contributed by atoms with van der Waals surface area (Å²) < 4.78 is 21.7. The molecule has 2 aliphatic heterocycles. The lowest BCUT2D eigenvalue weighted by Crippen LogP contribution is -2.51. The summed E-state index contributed by atoms with van der Waals surface area (Å²) in [6, 6.07) is 8.22. The summed E-state index contributed by atoms with van der Waals surface area (Å²) in [5.41, 5.74) is 1.49. The van der Waals surface area contributed by atoms with Gasteiger partial charge in [-0.2, -0.15) is 0 Å². The summed E-state index contributed by atoms with van der Waals surface area (Å²) in [5.74, 6) is 1.92. The number of fused-ring (bicyclic) bond motifs is 1. The smallest absolute Gasteiger partial charge is 0.246 e. The monoisotopic (exact) mass is 484 g/mol. The highest BCUT2D eigenvalue weighted by Crippen LogP contribution is 2.36. The van der Waals surface area contributed by atoms with E-state index in [-0.39, 0.29) is 25.9 Å². The standard InChI is InChI=1S/C26H36N4O5/c31-26(27-9-4-10-29-11-13-30(14-12-29)22-5-2-1-3-6-22)18-32-17-21-16-24(35-28-21)20-7-8-23-25(15-20)34-19-33-23/h7-8,15-16,22H,1-6,9-14,17-19H2,(H,27,31). The Morgan fingerprint density at radius 3 is 2.74 bits per heavy atom. The van der Waals surface area contributed by atoms with Gasteiger partial charge in [-0.15, -0.1) is 0 Å². The van der Waals surface area contributed by atoms with Crippen molar-refractivity contribution in [2.45, 2.75) is 51.2 Å². The number of carbonyl (C=O) groups is 1. The fourth-order valence-corrected chi connectivity index (χ4v) is 5.19. The minimum absolute atomic E-state index is 0.00623. The largest absolute Gasteiger partial charge is 0.454 e. The number of aromatic nitrogens is 1. The third-order valence-corrected chi connectivity index (χ3v) is 7.17. The van der Waals surface area contributed by atoms with Gasteiger partial charge in [-0.05, 0) is 44.0 Å². The fraction of sp³-hybridized carbons (Fsp3) is 0.615. The van der Waals surface area contributed by atoms with Gasteiger partial charge in [-0.1, -0.05) is 24.4 Å². The first-order valence-electron chi connectivity index (χ1n) is 12.9. The second-order valence-corrected chi connectivity index (χ2v) is 9.62. The molecule has 0 spiro atoms. The van der Waals surface area contributed by atoms with Crippen molar-refractivity contribution in [1.82, 2.24) is 20.3 Å². The number of hydrogen-bond acceptors (Lipinski definition) is 8. The van der Waals surface area contributed by atoms with Gasteiger partial charge >= 0.3 is 0 Å². The molecule has 190 valence electrons. The first-order valence-corrected chi connectivity index (χ1v) is 12.9. The fourth-order valence-electron chi connectivity index (χ4n) is 5.19. The van der Waals surface area contributed by atoms with E-state index in [0.29, 0.717) is 23.7 Å². The molecule has 0 bridgehead atoms. The van der Waals surface area contributed by atoms with Crippen LogP contribution in [0.25, 0.3) is 11.3 Å². The number of carbonyl (C=O) groups excluding carboxylic acids is 1. The van der Waals surface area contributed by atoms with Gasteiger partial charge in [0.05, 0.1) is 6.61 Å². The van der Waals surface area contributed by atoms with Crippen LogP contribution in [0.4, 0.5) is 0 Å². The van der Waals surface area contributed by atoms with E-state index in [0.717, 1.165) is 43.4 Å². The van der Waals surface area contributed by atoms with Crippen LogP contribution in [0.5, 0.6) is 11.5 Å². The van der Waals surface area contributed by atoms with Crippen LogP contribution in [0.3, 0.4) is 0 Å². The molecule has 1 amide bonds. The minimum Gasteiger partial charge on any atom is -0.454 e. The van der Waals surface area contributed by atoms with Crippen molar-refractivity contribution >= 4 is 5.91 Å². The minimum atomic E-state index is -0.105. The number of amides is 1. The molecule has 1 saturated heterocycles. The Balaban J connectivity index is 0.936. The molecule has 1 aliphatic carbocycles. The molecule has 9 heteroatoms. The zero-order chi connectivity index (χ0) is 23.9. The molecule has 3 aliphatic rings. The van der Waals surface area contributed by atoms with Gasteiger partial charge in [0.25, 0.3) is 0 Å². The van der Waals surface area contributed by atoms with Gasteiger partial charge < -0.3 is 29.0 Å². The first kappa shape index (κ1) is 24.1. The summed E-state index contributed by atoms with van der Waals surface area (Å²) in [6.45, 7) is 6.79. The van der Waals surface area contributed by atoms with Gasteiger partial charge in [0.1, 0.15) is 12.3 Å². The third kappa shape index (κ3) is 6.54. The third-order valence-electron chi connectivity index (χ3n) is 7.17. The Kier molecular flexibility index (Phi) is 8.18. The number of nitrogens with one attached hydrogen (secondary N) is 1. The van der Waals surface area contributed by atoms with Gasteiger partial charge in [-0.3, -0.25) is 9.69 Å². The maximum Gasteiger partial charge on any atom is 0.246 e. The summed E-state index contributed by atoms with van der Waals surface area (Å²) in [4.78, 5) is 17.3. The lowest BCUT2D eigenvalue weighted by Gasteiger charge is -2.40. The van der Waals surface area contributed by atoms with Crippen LogP contribution in [0, 0.1) is 0 Å². The van der Waals surface area contributed by atoms with Crippen molar-refractivity contribution in [3.8, 4) is 22.8 Å². The summed E-state index contributed by atoms with van der Waals surface area (Å²) in [5, 5.41) is 6.99. The Bertz CT molecular complexity index is 966. The molecule has 1 aromatic heterocycles. The molecule has 9 nitrogen and oxygen atoms in total. The van der Waals surface area contributed by atoms with Crippen molar-refractivity contribution in [3.05, 3.63) is 30.0 Å². The molecule has 2 fully saturated rings. The molecule has 5 rings (SSSR count). The Labute approximate surface area is 206 Å². The summed E-state index contributed by atoms with van der Waals surface area (Å²) >= 11 is 0. The normalized spacial score (nSPS) is 19.2. The van der Waals surface area contributed by atoms with E-state index in [2.05, 4.69) is 20.3 Å². The molecule has 2 aromatic rings. The second kappa shape index (κ2) is 11.9. The average Bonchev–Trinajstić information content (AvgIpc) is 3.57. The Morgan fingerprint density at radius 2 is 1.89 bits per heavy atom. The lowest BCUT2D eigenvalue weighted by molar-refractivity contribution is -0.126. The topological polar surface area (TPSA) is 89.3 Å². The molecular weight excluding hydrogens is 448 g/mol. The van der Waals surface area contributed by atoms with Crippen LogP contribution < -0.4 is 14.8 Å². The van der Waals surface area contributed by atoms with Crippen molar-refractivity contribution in [1.29, 1.82) is 0 Å². The van der Waals surface area contributed by atoms with Crippen LogP contribution in [-0.2, 0) is 16.1 Å². The molecule has 0 radical (unpaired) electrons. The Morgan fingerprint density at radius 1 is 1.06 bits per heavy atom. The van der Waals surface area contributed by atoms with E-state index in [1.165, 1.54) is 45.2 Å². The molecule has 1 aromatic carbocycles. The number of nitrogens with zero attached hydrogens (tertiary/aromatic N) is 3. The molecule has 3 heterocycles. The van der Waals surface area contributed by atoms with Crippen LogP contribution >= 0.6 is 0 Å². The van der Waals surface area contributed by atoms with Crippen molar-refractivity contribution in [2.24, 2.45) is 0 Å². The van der Waals surface area contributed by atoms with E-state index < -0.39 is 0 Å². The predicted molar refractivity (Wildman–Crippen MR) is 130 cm³/mol. The highest BCUT2D eigenvalue weighted by molar-refractivity contribution is 5.77. The van der Waals surface area contributed by atoms with E-state index in [1.807, 2.05) is 24.3 Å². The van der Waals surface area contributed by atoms with Gasteiger partial charge in [0, 0.05) is 50.4 Å². The van der Waals surface area contributed by atoms with E-state index >= 15 is 0 Å². The SMILES string of the molecule is O=C(COCc1cc(-c2ccc3c(c2)OCO3)on1)NCCCN1CCN(C2CCCCC2)CC1. The number of piperazine rings is 1. The van der Waals surface area contributed by atoms with Crippen molar-refractivity contribution in [2.75, 3.05) is 52.7 Å². The lowest BCUT2D eigenvalue weighted by atomic mass is 9.94. The molecule has 35 heavy (non-hydrogen) atoms. The highest BCUT2D eigenvalue weighted by atomic mass is 16.7. The van der Waals surface area contributed by atoms with Crippen molar-refractivity contribution in [3.63, 3.8) is 0 Å².